The molecular weight excluding hydrogens is 352 g/mol. The Morgan fingerprint density at radius 1 is 1.21 bits per heavy atom. The molecule has 0 amide bonds. The van der Waals surface area contributed by atoms with Crippen molar-refractivity contribution in [2.45, 2.75) is 52.7 Å². The molecule has 3 rings (SSSR count). The molecule has 1 fully saturated rings. The van der Waals surface area contributed by atoms with Crippen molar-refractivity contribution in [2.24, 2.45) is 12.0 Å². The highest BCUT2D eigenvalue weighted by Crippen LogP contribution is 2.13. The SMILES string of the molecule is Cc1cccc(C)c1CCNC(=NCc1nnc(C)n1C)NCC1CCCO1. The Bertz CT molecular complexity index is 787. The van der Waals surface area contributed by atoms with E-state index in [9.17, 15) is 0 Å². The zero-order valence-corrected chi connectivity index (χ0v) is 17.5. The summed E-state index contributed by atoms with van der Waals surface area (Å²) in [5.41, 5.74) is 4.07. The Labute approximate surface area is 167 Å². The molecule has 1 aromatic heterocycles. The minimum Gasteiger partial charge on any atom is -0.376 e. The van der Waals surface area contributed by atoms with Gasteiger partial charge >= 0.3 is 0 Å². The second-order valence-corrected chi connectivity index (χ2v) is 7.45. The predicted octanol–water partition coefficient (Wildman–Crippen LogP) is 2.20. The molecule has 0 aliphatic carbocycles. The number of nitrogens with zero attached hydrogens (tertiary/aromatic N) is 4. The number of guanidine groups is 1. The van der Waals surface area contributed by atoms with Crippen molar-refractivity contribution < 1.29 is 4.74 Å². The number of hydrogen-bond acceptors (Lipinski definition) is 4. The molecule has 1 aliphatic rings. The van der Waals surface area contributed by atoms with E-state index < -0.39 is 0 Å². The second-order valence-electron chi connectivity index (χ2n) is 7.45. The molecule has 1 aromatic carbocycles. The van der Waals surface area contributed by atoms with Gasteiger partial charge in [-0.2, -0.15) is 0 Å². The molecule has 7 heteroatoms. The third-order valence-corrected chi connectivity index (χ3v) is 5.39. The summed E-state index contributed by atoms with van der Waals surface area (Å²) in [5, 5.41) is 15.2. The van der Waals surface area contributed by atoms with Gasteiger partial charge in [-0.3, -0.25) is 0 Å². The molecule has 0 spiro atoms. The van der Waals surface area contributed by atoms with Crippen LogP contribution in [0.5, 0.6) is 0 Å². The van der Waals surface area contributed by atoms with Gasteiger partial charge in [-0.05, 0) is 56.7 Å². The molecule has 1 unspecified atom stereocenters. The third-order valence-electron chi connectivity index (χ3n) is 5.39. The average molecular weight is 385 g/mol. The first-order chi connectivity index (χ1) is 13.5. The maximum atomic E-state index is 5.72. The smallest absolute Gasteiger partial charge is 0.191 e. The van der Waals surface area contributed by atoms with Gasteiger partial charge in [0.15, 0.2) is 11.8 Å². The van der Waals surface area contributed by atoms with Gasteiger partial charge in [0.25, 0.3) is 0 Å². The van der Waals surface area contributed by atoms with Crippen molar-refractivity contribution in [3.63, 3.8) is 0 Å². The van der Waals surface area contributed by atoms with Crippen molar-refractivity contribution in [1.82, 2.24) is 25.4 Å². The largest absolute Gasteiger partial charge is 0.376 e. The molecule has 2 N–H and O–H groups in total. The topological polar surface area (TPSA) is 76.4 Å². The Morgan fingerprint density at radius 3 is 2.64 bits per heavy atom. The van der Waals surface area contributed by atoms with Crippen molar-refractivity contribution in [3.8, 4) is 0 Å². The number of rotatable bonds is 7. The number of aromatic nitrogens is 3. The normalized spacial score (nSPS) is 17.1. The quantitative estimate of drug-likeness (QED) is 0.565. The first-order valence-corrected chi connectivity index (χ1v) is 10.1. The Hall–Kier alpha value is -2.41. The number of ether oxygens (including phenoxy) is 1. The highest BCUT2D eigenvalue weighted by Gasteiger charge is 2.16. The van der Waals surface area contributed by atoms with E-state index in [2.05, 4.69) is 52.9 Å². The third kappa shape index (κ3) is 5.32. The Morgan fingerprint density at radius 2 is 2.00 bits per heavy atom. The zero-order valence-electron chi connectivity index (χ0n) is 17.5. The molecular formula is C21H32N6O. The van der Waals surface area contributed by atoms with E-state index in [0.29, 0.717) is 6.54 Å². The van der Waals surface area contributed by atoms with Crippen LogP contribution in [0.3, 0.4) is 0 Å². The summed E-state index contributed by atoms with van der Waals surface area (Å²) < 4.78 is 7.69. The van der Waals surface area contributed by atoms with Crippen LogP contribution in [0.2, 0.25) is 0 Å². The van der Waals surface area contributed by atoms with E-state index >= 15 is 0 Å². The Balaban J connectivity index is 1.61. The standard InChI is InChI=1S/C21H32N6O/c1-15-7-5-8-16(2)19(15)10-11-22-21(23-13-18-9-6-12-28-18)24-14-20-26-25-17(3)27(20)4/h5,7-8,18H,6,9-14H2,1-4H3,(H2,22,23,24). The van der Waals surface area contributed by atoms with E-state index in [1.165, 1.54) is 16.7 Å². The van der Waals surface area contributed by atoms with Crippen molar-refractivity contribution >= 4 is 5.96 Å². The van der Waals surface area contributed by atoms with Crippen LogP contribution in [-0.2, 0) is 24.8 Å². The lowest BCUT2D eigenvalue weighted by molar-refractivity contribution is 0.114. The van der Waals surface area contributed by atoms with Gasteiger partial charge in [-0.25, -0.2) is 4.99 Å². The Kier molecular flexibility index (Phi) is 7.03. The van der Waals surface area contributed by atoms with Gasteiger partial charge in [-0.15, -0.1) is 10.2 Å². The lowest BCUT2D eigenvalue weighted by Crippen LogP contribution is -2.42. The number of benzene rings is 1. The first kappa shape index (κ1) is 20.3. The van der Waals surface area contributed by atoms with Crippen LogP contribution in [0.4, 0.5) is 0 Å². The fourth-order valence-corrected chi connectivity index (χ4v) is 3.48. The zero-order chi connectivity index (χ0) is 19.9. The monoisotopic (exact) mass is 384 g/mol. The summed E-state index contributed by atoms with van der Waals surface area (Å²) in [4.78, 5) is 4.72. The van der Waals surface area contributed by atoms with Crippen LogP contribution in [0.1, 0.15) is 41.2 Å². The van der Waals surface area contributed by atoms with E-state index in [1.807, 2.05) is 18.5 Å². The van der Waals surface area contributed by atoms with Crippen LogP contribution in [-0.4, -0.2) is 46.5 Å². The van der Waals surface area contributed by atoms with Crippen LogP contribution >= 0.6 is 0 Å². The average Bonchev–Trinajstić information content (AvgIpc) is 3.30. The van der Waals surface area contributed by atoms with Crippen molar-refractivity contribution in [2.75, 3.05) is 19.7 Å². The van der Waals surface area contributed by atoms with Gasteiger partial charge in [0.2, 0.25) is 0 Å². The summed E-state index contributed by atoms with van der Waals surface area (Å²) in [6.07, 6.45) is 3.47. The highest BCUT2D eigenvalue weighted by atomic mass is 16.5. The molecule has 152 valence electrons. The molecule has 2 aromatic rings. The van der Waals surface area contributed by atoms with Gasteiger partial charge in [0, 0.05) is 26.7 Å². The van der Waals surface area contributed by atoms with Gasteiger partial charge in [0.1, 0.15) is 12.4 Å². The van der Waals surface area contributed by atoms with Crippen molar-refractivity contribution in [1.29, 1.82) is 0 Å². The van der Waals surface area contributed by atoms with Crippen LogP contribution in [0.15, 0.2) is 23.2 Å². The molecule has 1 atom stereocenters. The molecule has 7 nitrogen and oxygen atoms in total. The summed E-state index contributed by atoms with van der Waals surface area (Å²) in [7, 11) is 1.97. The number of nitrogens with one attached hydrogen (secondary N) is 2. The predicted molar refractivity (Wildman–Crippen MR) is 111 cm³/mol. The molecule has 0 saturated carbocycles. The highest BCUT2D eigenvalue weighted by molar-refractivity contribution is 5.79. The summed E-state index contributed by atoms with van der Waals surface area (Å²) >= 11 is 0. The maximum absolute atomic E-state index is 5.72. The summed E-state index contributed by atoms with van der Waals surface area (Å²) in [6, 6.07) is 6.45. The molecule has 2 heterocycles. The van der Waals surface area contributed by atoms with Gasteiger partial charge < -0.3 is 19.9 Å². The van der Waals surface area contributed by atoms with Gasteiger partial charge in [0.05, 0.1) is 6.10 Å². The lowest BCUT2D eigenvalue weighted by atomic mass is 10.0. The number of aryl methyl sites for hydroxylation is 3. The molecule has 28 heavy (non-hydrogen) atoms. The molecule has 1 aliphatic heterocycles. The van der Waals surface area contributed by atoms with Crippen LogP contribution < -0.4 is 10.6 Å². The second kappa shape index (κ2) is 9.68. The van der Waals surface area contributed by atoms with Crippen molar-refractivity contribution in [3.05, 3.63) is 46.5 Å². The van der Waals surface area contributed by atoms with Gasteiger partial charge in [-0.1, -0.05) is 18.2 Å². The van der Waals surface area contributed by atoms with Crippen LogP contribution in [0.25, 0.3) is 0 Å². The minimum atomic E-state index is 0.266. The molecule has 1 saturated heterocycles. The molecule has 0 bridgehead atoms. The van der Waals surface area contributed by atoms with E-state index in [1.54, 1.807) is 0 Å². The van der Waals surface area contributed by atoms with E-state index in [4.69, 9.17) is 9.73 Å². The number of aliphatic imine (C=N–C) groups is 1. The van der Waals surface area contributed by atoms with E-state index in [0.717, 1.165) is 56.6 Å². The first-order valence-electron chi connectivity index (χ1n) is 10.1. The molecule has 0 radical (unpaired) electrons. The maximum Gasteiger partial charge on any atom is 0.191 e. The van der Waals surface area contributed by atoms with E-state index in [-0.39, 0.29) is 6.10 Å². The fourth-order valence-electron chi connectivity index (χ4n) is 3.48. The summed E-state index contributed by atoms with van der Waals surface area (Å²) in [6.45, 7) is 9.22. The number of hydrogen-bond donors (Lipinski definition) is 2. The minimum absolute atomic E-state index is 0.266. The lowest BCUT2D eigenvalue weighted by Gasteiger charge is -2.16. The van der Waals surface area contributed by atoms with Crippen LogP contribution in [0, 0.1) is 20.8 Å². The summed E-state index contributed by atoms with van der Waals surface area (Å²) in [5.74, 6) is 2.54. The fraction of sp³-hybridized carbons (Fsp3) is 0.571.